The topological polar surface area (TPSA) is 46.5 Å². The van der Waals surface area contributed by atoms with Crippen LogP contribution in [0.15, 0.2) is 37.5 Å². The van der Waals surface area contributed by atoms with Crippen LogP contribution >= 0.6 is 0 Å². The SMILES string of the molecule is C=CCOC(=O)C(=C)C(O)CC=C. The zero-order valence-electron chi connectivity index (χ0n) is 7.53. The number of rotatable bonds is 6. The molecule has 0 bridgehead atoms. The van der Waals surface area contributed by atoms with E-state index in [0.29, 0.717) is 6.42 Å². The molecule has 1 atom stereocenters. The zero-order chi connectivity index (χ0) is 10.3. The highest BCUT2D eigenvalue weighted by Crippen LogP contribution is 2.06. The average Bonchev–Trinajstić information content (AvgIpc) is 2.13. The highest BCUT2D eigenvalue weighted by Gasteiger charge is 2.15. The highest BCUT2D eigenvalue weighted by molar-refractivity contribution is 5.88. The molecule has 0 aliphatic carbocycles. The minimum atomic E-state index is -0.908. The quantitative estimate of drug-likeness (QED) is 0.381. The van der Waals surface area contributed by atoms with Crippen LogP contribution in [-0.2, 0) is 9.53 Å². The molecule has 0 aliphatic heterocycles. The Morgan fingerprint density at radius 2 is 2.08 bits per heavy atom. The summed E-state index contributed by atoms with van der Waals surface area (Å²) in [4.78, 5) is 11.1. The van der Waals surface area contributed by atoms with Gasteiger partial charge in [-0.1, -0.05) is 25.3 Å². The lowest BCUT2D eigenvalue weighted by Gasteiger charge is -2.09. The molecule has 0 spiro atoms. The zero-order valence-corrected chi connectivity index (χ0v) is 7.53. The van der Waals surface area contributed by atoms with Crippen molar-refractivity contribution in [3.05, 3.63) is 37.5 Å². The number of aliphatic hydroxyl groups is 1. The van der Waals surface area contributed by atoms with Crippen molar-refractivity contribution in [3.8, 4) is 0 Å². The number of ether oxygens (including phenoxy) is 1. The minimum Gasteiger partial charge on any atom is -0.458 e. The molecular weight excluding hydrogens is 168 g/mol. The molecule has 0 fully saturated rings. The van der Waals surface area contributed by atoms with Crippen molar-refractivity contribution in [2.75, 3.05) is 6.61 Å². The molecular formula is C10H14O3. The van der Waals surface area contributed by atoms with E-state index in [1.54, 1.807) is 0 Å². The van der Waals surface area contributed by atoms with Gasteiger partial charge in [-0.05, 0) is 6.42 Å². The van der Waals surface area contributed by atoms with E-state index >= 15 is 0 Å². The van der Waals surface area contributed by atoms with Crippen LogP contribution in [-0.4, -0.2) is 23.8 Å². The van der Waals surface area contributed by atoms with Crippen LogP contribution in [0.1, 0.15) is 6.42 Å². The number of aliphatic hydroxyl groups excluding tert-OH is 1. The first-order chi connectivity index (χ1) is 6.13. The lowest BCUT2D eigenvalue weighted by atomic mass is 10.1. The van der Waals surface area contributed by atoms with Gasteiger partial charge in [-0.15, -0.1) is 6.58 Å². The van der Waals surface area contributed by atoms with Crippen molar-refractivity contribution in [2.24, 2.45) is 0 Å². The van der Waals surface area contributed by atoms with Crippen molar-refractivity contribution in [1.29, 1.82) is 0 Å². The molecule has 0 aromatic heterocycles. The van der Waals surface area contributed by atoms with Crippen LogP contribution in [0, 0.1) is 0 Å². The summed E-state index contributed by atoms with van der Waals surface area (Å²) in [6.07, 6.45) is 2.35. The van der Waals surface area contributed by atoms with Crippen LogP contribution in [0.25, 0.3) is 0 Å². The van der Waals surface area contributed by atoms with Crippen molar-refractivity contribution >= 4 is 5.97 Å². The monoisotopic (exact) mass is 182 g/mol. The van der Waals surface area contributed by atoms with E-state index in [9.17, 15) is 9.90 Å². The summed E-state index contributed by atoms with van der Waals surface area (Å²) in [5.74, 6) is -0.603. The number of esters is 1. The van der Waals surface area contributed by atoms with Gasteiger partial charge in [0.25, 0.3) is 0 Å². The van der Waals surface area contributed by atoms with Crippen molar-refractivity contribution in [2.45, 2.75) is 12.5 Å². The fraction of sp³-hybridized carbons (Fsp3) is 0.300. The molecule has 0 saturated heterocycles. The van der Waals surface area contributed by atoms with Gasteiger partial charge in [0.2, 0.25) is 0 Å². The Kier molecular flexibility index (Phi) is 5.55. The molecule has 0 rings (SSSR count). The third-order valence-corrected chi connectivity index (χ3v) is 1.39. The first kappa shape index (κ1) is 11.6. The molecule has 0 saturated carbocycles. The summed E-state index contributed by atoms with van der Waals surface area (Å²) in [5.41, 5.74) is 0.0433. The molecule has 1 unspecified atom stereocenters. The molecule has 13 heavy (non-hydrogen) atoms. The molecule has 3 heteroatoms. The maximum absolute atomic E-state index is 11.1. The Morgan fingerprint density at radius 3 is 2.54 bits per heavy atom. The Labute approximate surface area is 78.0 Å². The summed E-state index contributed by atoms with van der Waals surface area (Å²) >= 11 is 0. The molecule has 3 nitrogen and oxygen atoms in total. The predicted molar refractivity (Wildman–Crippen MR) is 51.1 cm³/mol. The van der Waals surface area contributed by atoms with Gasteiger partial charge in [-0.2, -0.15) is 0 Å². The Morgan fingerprint density at radius 1 is 1.46 bits per heavy atom. The fourth-order valence-corrected chi connectivity index (χ4v) is 0.663. The third-order valence-electron chi connectivity index (χ3n) is 1.39. The van der Waals surface area contributed by atoms with E-state index < -0.39 is 12.1 Å². The van der Waals surface area contributed by atoms with Gasteiger partial charge < -0.3 is 9.84 Å². The first-order valence-electron chi connectivity index (χ1n) is 3.89. The van der Waals surface area contributed by atoms with Gasteiger partial charge in [-0.25, -0.2) is 4.79 Å². The second-order valence-electron chi connectivity index (χ2n) is 2.45. The summed E-state index contributed by atoms with van der Waals surface area (Å²) in [6.45, 7) is 10.4. The van der Waals surface area contributed by atoms with Gasteiger partial charge >= 0.3 is 5.97 Å². The van der Waals surface area contributed by atoms with Crippen molar-refractivity contribution < 1.29 is 14.6 Å². The largest absolute Gasteiger partial charge is 0.458 e. The van der Waals surface area contributed by atoms with Crippen LogP contribution in [0.5, 0.6) is 0 Å². The lowest BCUT2D eigenvalue weighted by molar-refractivity contribution is -0.138. The van der Waals surface area contributed by atoms with Crippen LogP contribution in [0.4, 0.5) is 0 Å². The van der Waals surface area contributed by atoms with Crippen LogP contribution < -0.4 is 0 Å². The normalized spacial score (nSPS) is 11.5. The molecule has 0 aromatic rings. The van der Waals surface area contributed by atoms with E-state index in [1.807, 2.05) is 0 Å². The van der Waals surface area contributed by atoms with Gasteiger partial charge in [0.05, 0.1) is 11.7 Å². The fourth-order valence-electron chi connectivity index (χ4n) is 0.663. The standard InChI is InChI=1S/C10H14O3/c1-4-6-9(11)8(3)10(12)13-7-5-2/h4-5,9,11H,1-3,6-7H2. The van der Waals surface area contributed by atoms with Crippen molar-refractivity contribution in [1.82, 2.24) is 0 Å². The van der Waals surface area contributed by atoms with E-state index in [0.717, 1.165) is 0 Å². The lowest BCUT2D eigenvalue weighted by Crippen LogP contribution is -2.18. The summed E-state index contributed by atoms with van der Waals surface area (Å²) in [5, 5.41) is 9.29. The number of hydrogen-bond acceptors (Lipinski definition) is 3. The summed E-state index contributed by atoms with van der Waals surface area (Å²) in [7, 11) is 0. The molecule has 0 radical (unpaired) electrons. The van der Waals surface area contributed by atoms with Gasteiger partial charge in [-0.3, -0.25) is 0 Å². The third kappa shape index (κ3) is 4.28. The maximum Gasteiger partial charge on any atom is 0.336 e. The Hall–Kier alpha value is -1.35. The Balaban J connectivity index is 4.00. The van der Waals surface area contributed by atoms with Crippen molar-refractivity contribution in [3.63, 3.8) is 0 Å². The van der Waals surface area contributed by atoms with E-state index in [1.165, 1.54) is 12.2 Å². The van der Waals surface area contributed by atoms with Gasteiger partial charge in [0.15, 0.2) is 0 Å². The smallest absolute Gasteiger partial charge is 0.336 e. The summed E-state index contributed by atoms with van der Waals surface area (Å²) in [6, 6.07) is 0. The van der Waals surface area contributed by atoms with E-state index in [-0.39, 0.29) is 12.2 Å². The highest BCUT2D eigenvalue weighted by atomic mass is 16.5. The molecule has 0 heterocycles. The minimum absolute atomic E-state index is 0.0433. The Bertz CT molecular complexity index is 218. The van der Waals surface area contributed by atoms with Gasteiger partial charge in [0.1, 0.15) is 6.61 Å². The molecule has 0 amide bonds. The number of hydrogen-bond donors (Lipinski definition) is 1. The molecule has 0 aliphatic rings. The summed E-state index contributed by atoms with van der Waals surface area (Å²) < 4.78 is 4.67. The van der Waals surface area contributed by atoms with E-state index in [4.69, 9.17) is 0 Å². The van der Waals surface area contributed by atoms with E-state index in [2.05, 4.69) is 24.5 Å². The van der Waals surface area contributed by atoms with Gasteiger partial charge in [0, 0.05) is 0 Å². The van der Waals surface area contributed by atoms with Crippen LogP contribution in [0.3, 0.4) is 0 Å². The number of carbonyl (C=O) groups excluding carboxylic acids is 1. The molecule has 72 valence electrons. The van der Waals surface area contributed by atoms with Crippen LogP contribution in [0.2, 0.25) is 0 Å². The second-order valence-corrected chi connectivity index (χ2v) is 2.45. The number of carbonyl (C=O) groups is 1. The average molecular weight is 182 g/mol. The maximum atomic E-state index is 11.1. The first-order valence-corrected chi connectivity index (χ1v) is 3.89. The second kappa shape index (κ2) is 6.20. The molecule has 0 aromatic carbocycles. The molecule has 1 N–H and O–H groups in total. The predicted octanol–water partition coefficient (Wildman–Crippen LogP) is 1.21.